The van der Waals surface area contributed by atoms with Gasteiger partial charge in [-0.05, 0) is 40.8 Å². The highest BCUT2D eigenvalue weighted by Gasteiger charge is 2.35. The summed E-state index contributed by atoms with van der Waals surface area (Å²) in [6, 6.07) is 2.54. The predicted octanol–water partition coefficient (Wildman–Crippen LogP) is 2.99. The molecule has 1 aromatic carbocycles. The highest BCUT2D eigenvalue weighted by Crippen LogP contribution is 2.38. The third kappa shape index (κ3) is 3.80. The lowest BCUT2D eigenvalue weighted by Gasteiger charge is -2.13. The van der Waals surface area contributed by atoms with Crippen molar-refractivity contribution in [2.75, 3.05) is 0 Å². The number of primary amides is 1. The minimum atomic E-state index is -4.70. The van der Waals surface area contributed by atoms with Gasteiger partial charge in [-0.15, -0.1) is 0 Å². The lowest BCUT2D eigenvalue weighted by atomic mass is 10.1. The van der Waals surface area contributed by atoms with Gasteiger partial charge in [-0.3, -0.25) is 4.79 Å². The van der Waals surface area contributed by atoms with Gasteiger partial charge in [0.1, 0.15) is 5.75 Å². The zero-order valence-electron chi connectivity index (χ0n) is 10.2. The third-order valence-corrected chi connectivity index (χ3v) is 2.92. The molecule has 5 nitrogen and oxygen atoms in total. The molecule has 1 amide bonds. The molecule has 110 valence electrons. The molecule has 2 N–H and O–H groups in total. The average Bonchev–Trinajstić information content (AvgIpc) is 2.40. The van der Waals surface area contributed by atoms with Crippen molar-refractivity contribution in [2.45, 2.75) is 6.18 Å². The molecule has 0 fully saturated rings. The molecule has 0 radical (unpaired) electrons. The van der Waals surface area contributed by atoms with Gasteiger partial charge in [0.15, 0.2) is 0 Å². The molecule has 0 bridgehead atoms. The number of hydrogen-bond donors (Lipinski definition) is 1. The van der Waals surface area contributed by atoms with Gasteiger partial charge in [0, 0.05) is 21.5 Å². The van der Waals surface area contributed by atoms with E-state index in [1.165, 1.54) is 12.4 Å². The monoisotopic (exact) mass is 409 g/mol. The summed E-state index contributed by atoms with van der Waals surface area (Å²) in [5.74, 6) is -1.47. The maximum absolute atomic E-state index is 13.0. The second-order valence-electron chi connectivity index (χ2n) is 3.86. The zero-order chi connectivity index (χ0) is 15.6. The minimum Gasteiger partial charge on any atom is -0.424 e. The Hall–Kier alpha value is -1.91. The first-order valence-corrected chi connectivity index (χ1v) is 6.51. The van der Waals surface area contributed by atoms with E-state index in [0.29, 0.717) is 9.64 Å². The summed E-state index contributed by atoms with van der Waals surface area (Å²) in [6.07, 6.45) is -1.91. The van der Waals surface area contributed by atoms with Crippen molar-refractivity contribution in [3.63, 3.8) is 0 Å². The van der Waals surface area contributed by atoms with Crippen LogP contribution in [-0.2, 0) is 6.18 Å². The van der Waals surface area contributed by atoms with Gasteiger partial charge in [0.2, 0.25) is 5.91 Å². The normalized spacial score (nSPS) is 11.2. The molecule has 1 heterocycles. The van der Waals surface area contributed by atoms with Crippen LogP contribution in [0.15, 0.2) is 30.6 Å². The van der Waals surface area contributed by atoms with Crippen molar-refractivity contribution in [1.82, 2.24) is 9.97 Å². The van der Waals surface area contributed by atoms with Gasteiger partial charge in [-0.25, -0.2) is 9.97 Å². The topological polar surface area (TPSA) is 78.1 Å². The van der Waals surface area contributed by atoms with E-state index in [-0.39, 0.29) is 11.6 Å². The average molecular weight is 409 g/mol. The maximum Gasteiger partial charge on any atom is 0.420 e. The van der Waals surface area contributed by atoms with Crippen molar-refractivity contribution in [3.05, 3.63) is 45.3 Å². The van der Waals surface area contributed by atoms with Crippen LogP contribution in [0.1, 0.15) is 15.9 Å². The molecular weight excluding hydrogens is 402 g/mol. The number of nitrogens with zero attached hydrogens (tertiary/aromatic N) is 2. The second kappa shape index (κ2) is 5.84. The molecule has 0 atom stereocenters. The molecule has 2 rings (SSSR count). The van der Waals surface area contributed by atoms with E-state index >= 15 is 0 Å². The standard InChI is InChI=1S/C12H7F3IN3O2/c13-12(14,15)8-3-6(10(17)20)1-2-9(8)21-11-18-4-7(16)5-19-11/h1-5H,(H2,17,20). The van der Waals surface area contributed by atoms with E-state index in [4.69, 9.17) is 10.5 Å². The number of nitrogens with two attached hydrogens (primary N) is 1. The summed E-state index contributed by atoms with van der Waals surface area (Å²) in [7, 11) is 0. The molecule has 0 unspecified atom stereocenters. The van der Waals surface area contributed by atoms with Crippen molar-refractivity contribution in [3.8, 4) is 11.8 Å². The number of halogens is 4. The van der Waals surface area contributed by atoms with Gasteiger partial charge < -0.3 is 10.5 Å². The van der Waals surface area contributed by atoms with E-state index in [0.717, 1.165) is 12.1 Å². The molecule has 0 saturated heterocycles. The number of rotatable bonds is 3. The third-order valence-electron chi connectivity index (χ3n) is 2.37. The van der Waals surface area contributed by atoms with E-state index in [1.54, 1.807) is 0 Å². The highest BCUT2D eigenvalue weighted by molar-refractivity contribution is 14.1. The molecule has 0 aliphatic rings. The molecule has 1 aromatic heterocycles. The molecule has 0 saturated carbocycles. The summed E-state index contributed by atoms with van der Waals surface area (Å²) in [5.41, 5.74) is 3.58. The first-order chi connectivity index (χ1) is 9.77. The largest absolute Gasteiger partial charge is 0.424 e. The van der Waals surface area contributed by atoms with Gasteiger partial charge in [-0.1, -0.05) is 0 Å². The van der Waals surface area contributed by atoms with Gasteiger partial charge in [0.25, 0.3) is 0 Å². The summed E-state index contributed by atoms with van der Waals surface area (Å²) < 4.78 is 44.7. The Balaban J connectivity index is 2.43. The number of carbonyl (C=O) groups excluding carboxylic acids is 1. The van der Waals surface area contributed by atoms with E-state index in [2.05, 4.69) is 9.97 Å². The molecule has 21 heavy (non-hydrogen) atoms. The molecule has 0 aliphatic carbocycles. The Kier molecular flexibility index (Phi) is 4.30. The van der Waals surface area contributed by atoms with Crippen LogP contribution < -0.4 is 10.5 Å². The van der Waals surface area contributed by atoms with Crippen molar-refractivity contribution >= 4 is 28.5 Å². The number of alkyl halides is 3. The minimum absolute atomic E-state index is 0.229. The fourth-order valence-electron chi connectivity index (χ4n) is 1.45. The van der Waals surface area contributed by atoms with Crippen LogP contribution >= 0.6 is 22.6 Å². The van der Waals surface area contributed by atoms with Crippen LogP contribution in [0.5, 0.6) is 11.8 Å². The van der Waals surface area contributed by atoms with Gasteiger partial charge in [-0.2, -0.15) is 13.2 Å². The van der Waals surface area contributed by atoms with Gasteiger partial charge >= 0.3 is 12.2 Å². The van der Waals surface area contributed by atoms with Crippen LogP contribution in [0.2, 0.25) is 0 Å². The SMILES string of the molecule is NC(=O)c1ccc(Oc2ncc(I)cn2)c(C(F)(F)F)c1. The number of benzene rings is 1. The van der Waals surface area contributed by atoms with Gasteiger partial charge in [0.05, 0.1) is 5.56 Å². The van der Waals surface area contributed by atoms with Crippen LogP contribution in [0.25, 0.3) is 0 Å². The summed E-state index contributed by atoms with van der Waals surface area (Å²) in [5, 5.41) is 0. The summed E-state index contributed by atoms with van der Waals surface area (Å²) in [4.78, 5) is 18.5. The number of carbonyl (C=O) groups is 1. The Morgan fingerprint density at radius 1 is 1.24 bits per heavy atom. The fourth-order valence-corrected chi connectivity index (χ4v) is 1.72. The lowest BCUT2D eigenvalue weighted by molar-refractivity contribution is -0.138. The lowest BCUT2D eigenvalue weighted by Crippen LogP contribution is -2.14. The molecule has 0 spiro atoms. The van der Waals surface area contributed by atoms with Crippen LogP contribution in [0.3, 0.4) is 0 Å². The molecule has 2 aromatic rings. The second-order valence-corrected chi connectivity index (χ2v) is 5.10. The van der Waals surface area contributed by atoms with Crippen LogP contribution in [-0.4, -0.2) is 15.9 Å². The van der Waals surface area contributed by atoms with Crippen molar-refractivity contribution in [1.29, 1.82) is 0 Å². The Morgan fingerprint density at radius 3 is 2.38 bits per heavy atom. The first-order valence-electron chi connectivity index (χ1n) is 5.44. The van der Waals surface area contributed by atoms with Crippen molar-refractivity contribution in [2.24, 2.45) is 5.73 Å². The molecule has 9 heteroatoms. The maximum atomic E-state index is 13.0. The summed E-state index contributed by atoms with van der Waals surface area (Å²) in [6.45, 7) is 0. The Morgan fingerprint density at radius 2 is 1.86 bits per heavy atom. The van der Waals surface area contributed by atoms with E-state index in [1.807, 2.05) is 22.6 Å². The van der Waals surface area contributed by atoms with Crippen molar-refractivity contribution < 1.29 is 22.7 Å². The van der Waals surface area contributed by atoms with E-state index < -0.39 is 23.4 Å². The number of ether oxygens (including phenoxy) is 1. The highest BCUT2D eigenvalue weighted by atomic mass is 127. The quantitative estimate of drug-likeness (QED) is 0.791. The Bertz CT molecular complexity index is 674. The number of aromatic nitrogens is 2. The first kappa shape index (κ1) is 15.5. The Labute approximate surface area is 130 Å². The van der Waals surface area contributed by atoms with Crippen LogP contribution in [0, 0.1) is 3.57 Å². The van der Waals surface area contributed by atoms with E-state index in [9.17, 15) is 18.0 Å². The fraction of sp³-hybridized carbons (Fsp3) is 0.0833. The molecule has 0 aliphatic heterocycles. The zero-order valence-corrected chi connectivity index (χ0v) is 12.3. The predicted molar refractivity (Wildman–Crippen MR) is 74.8 cm³/mol. The summed E-state index contributed by atoms with van der Waals surface area (Å²) >= 11 is 1.95. The molecular formula is C12H7F3IN3O2. The van der Waals surface area contributed by atoms with Crippen LogP contribution in [0.4, 0.5) is 13.2 Å². The smallest absolute Gasteiger partial charge is 0.420 e. The number of hydrogen-bond acceptors (Lipinski definition) is 4. The number of amides is 1.